The third kappa shape index (κ3) is 5.12. The molecule has 1 saturated heterocycles. The lowest BCUT2D eigenvalue weighted by atomic mass is 10.0. The van der Waals surface area contributed by atoms with Crippen LogP contribution in [0.3, 0.4) is 0 Å². The van der Waals surface area contributed by atoms with Crippen molar-refractivity contribution in [2.24, 2.45) is 0 Å². The number of hydrogen-bond donors (Lipinski definition) is 1. The number of carbonyl (C=O) groups is 2. The molecule has 2 aromatic rings. The second kappa shape index (κ2) is 9.27. The van der Waals surface area contributed by atoms with E-state index in [0.717, 1.165) is 37.2 Å². The van der Waals surface area contributed by atoms with E-state index in [1.54, 1.807) is 23.0 Å². The summed E-state index contributed by atoms with van der Waals surface area (Å²) in [6, 6.07) is 5.88. The first-order valence-corrected chi connectivity index (χ1v) is 11.6. The molecule has 2 amide bonds. The Morgan fingerprint density at radius 1 is 1.30 bits per heavy atom. The van der Waals surface area contributed by atoms with E-state index < -0.39 is 0 Å². The van der Waals surface area contributed by atoms with Crippen molar-refractivity contribution >= 4 is 29.4 Å². The average Bonchev–Trinajstić information content (AvgIpc) is 3.09. The van der Waals surface area contributed by atoms with Crippen LogP contribution >= 0.6 is 11.6 Å². The topological polar surface area (TPSA) is 87.7 Å². The summed E-state index contributed by atoms with van der Waals surface area (Å²) < 4.78 is 5.40. The normalized spacial score (nSPS) is 16.6. The summed E-state index contributed by atoms with van der Waals surface area (Å²) >= 11 is 6.42. The van der Waals surface area contributed by atoms with Gasteiger partial charge in [-0.15, -0.1) is 0 Å². The smallest absolute Gasteiger partial charge is 0.254 e. The van der Waals surface area contributed by atoms with Gasteiger partial charge < -0.3 is 19.9 Å². The number of nitrogens with one attached hydrogen (secondary N) is 1. The van der Waals surface area contributed by atoms with E-state index in [1.165, 1.54) is 0 Å². The highest BCUT2D eigenvalue weighted by Gasteiger charge is 2.32. The van der Waals surface area contributed by atoms with E-state index in [-0.39, 0.29) is 29.9 Å². The number of benzene rings is 1. The SMILES string of the molecule is CN(C(=O)CN1Cc2ccc(-c3nc(NC4CCOCC4)ncc3Cl)cc2C1=O)C(C)(C)C. The lowest BCUT2D eigenvalue weighted by Crippen LogP contribution is -2.47. The molecular formula is C24H30ClN5O3. The maximum absolute atomic E-state index is 13.1. The van der Waals surface area contributed by atoms with Gasteiger partial charge in [0.25, 0.3) is 5.91 Å². The molecule has 3 heterocycles. The van der Waals surface area contributed by atoms with Crippen LogP contribution < -0.4 is 5.32 Å². The van der Waals surface area contributed by atoms with Crippen LogP contribution in [0.2, 0.25) is 5.02 Å². The van der Waals surface area contributed by atoms with Crippen LogP contribution in [-0.4, -0.2) is 70.0 Å². The zero-order valence-electron chi connectivity index (χ0n) is 19.5. The molecule has 0 unspecified atom stereocenters. The second-order valence-corrected chi connectivity index (χ2v) is 9.99. The summed E-state index contributed by atoms with van der Waals surface area (Å²) in [7, 11) is 1.76. The van der Waals surface area contributed by atoms with Crippen LogP contribution in [0.1, 0.15) is 49.5 Å². The molecule has 1 fully saturated rings. The van der Waals surface area contributed by atoms with Crippen molar-refractivity contribution in [1.82, 2.24) is 19.8 Å². The van der Waals surface area contributed by atoms with Crippen molar-refractivity contribution in [1.29, 1.82) is 0 Å². The van der Waals surface area contributed by atoms with Gasteiger partial charge >= 0.3 is 0 Å². The number of fused-ring (bicyclic) bond motifs is 1. The summed E-state index contributed by atoms with van der Waals surface area (Å²) in [5.41, 5.74) is 2.47. The standard InChI is InChI=1S/C24H30ClN5O3/c1-24(2,3)29(4)20(31)14-30-13-16-6-5-15(11-18(16)22(30)32)21-19(25)12-26-23(28-21)27-17-7-9-33-10-8-17/h5-6,11-12,17H,7-10,13-14H2,1-4H3,(H,26,27,28). The average molecular weight is 472 g/mol. The molecule has 4 rings (SSSR count). The lowest BCUT2D eigenvalue weighted by Gasteiger charge is -2.33. The monoisotopic (exact) mass is 471 g/mol. The maximum atomic E-state index is 13.1. The minimum absolute atomic E-state index is 0.0457. The minimum Gasteiger partial charge on any atom is -0.381 e. The quantitative estimate of drug-likeness (QED) is 0.716. The molecule has 33 heavy (non-hydrogen) atoms. The Morgan fingerprint density at radius 2 is 2.03 bits per heavy atom. The van der Waals surface area contributed by atoms with Gasteiger partial charge in [-0.2, -0.15) is 0 Å². The molecule has 0 saturated carbocycles. The minimum atomic E-state index is -0.306. The van der Waals surface area contributed by atoms with Gasteiger partial charge in [-0.05, 0) is 45.2 Å². The molecule has 1 aromatic carbocycles. The van der Waals surface area contributed by atoms with Crippen molar-refractivity contribution in [3.63, 3.8) is 0 Å². The van der Waals surface area contributed by atoms with Crippen LogP contribution in [-0.2, 0) is 16.1 Å². The number of aromatic nitrogens is 2. The van der Waals surface area contributed by atoms with Gasteiger partial charge in [0.15, 0.2) is 0 Å². The van der Waals surface area contributed by atoms with Gasteiger partial charge in [-0.25, -0.2) is 9.97 Å². The summed E-state index contributed by atoms with van der Waals surface area (Å²) in [6.07, 6.45) is 3.37. The summed E-state index contributed by atoms with van der Waals surface area (Å²) in [6.45, 7) is 7.79. The van der Waals surface area contributed by atoms with Gasteiger partial charge in [0, 0.05) is 49.5 Å². The van der Waals surface area contributed by atoms with Crippen molar-refractivity contribution in [3.05, 3.63) is 40.5 Å². The summed E-state index contributed by atoms with van der Waals surface area (Å²) in [5, 5.41) is 3.77. The van der Waals surface area contributed by atoms with Crippen molar-refractivity contribution in [3.8, 4) is 11.3 Å². The molecule has 0 spiro atoms. The molecular weight excluding hydrogens is 442 g/mol. The second-order valence-electron chi connectivity index (χ2n) is 9.58. The number of anilines is 1. The number of nitrogens with zero attached hydrogens (tertiary/aromatic N) is 4. The Hall–Kier alpha value is -2.71. The fraction of sp³-hybridized carbons (Fsp3) is 0.500. The number of halogens is 1. The zero-order valence-corrected chi connectivity index (χ0v) is 20.3. The van der Waals surface area contributed by atoms with E-state index >= 15 is 0 Å². The Morgan fingerprint density at radius 3 is 2.73 bits per heavy atom. The van der Waals surface area contributed by atoms with E-state index in [4.69, 9.17) is 16.3 Å². The fourth-order valence-corrected chi connectivity index (χ4v) is 4.14. The van der Waals surface area contributed by atoms with E-state index in [2.05, 4.69) is 15.3 Å². The number of likely N-dealkylation sites (N-methyl/N-ethyl adjacent to an activating group) is 1. The predicted octanol–water partition coefficient (Wildman–Crippen LogP) is 3.60. The van der Waals surface area contributed by atoms with Crippen LogP contribution in [0, 0.1) is 0 Å². The molecule has 0 atom stereocenters. The van der Waals surface area contributed by atoms with Gasteiger partial charge in [-0.1, -0.05) is 23.7 Å². The van der Waals surface area contributed by atoms with Crippen LogP contribution in [0.5, 0.6) is 0 Å². The molecule has 0 aliphatic carbocycles. The summed E-state index contributed by atoms with van der Waals surface area (Å²) in [5.74, 6) is 0.255. The summed E-state index contributed by atoms with van der Waals surface area (Å²) in [4.78, 5) is 37.9. The third-order valence-electron chi connectivity index (χ3n) is 6.27. The highest BCUT2D eigenvalue weighted by atomic mass is 35.5. The molecule has 0 bridgehead atoms. The molecule has 0 radical (unpaired) electrons. The van der Waals surface area contributed by atoms with Crippen LogP contribution in [0.25, 0.3) is 11.3 Å². The third-order valence-corrected chi connectivity index (χ3v) is 6.54. The van der Waals surface area contributed by atoms with Crippen LogP contribution in [0.4, 0.5) is 5.95 Å². The molecule has 8 nitrogen and oxygen atoms in total. The Bertz CT molecular complexity index is 1060. The van der Waals surface area contributed by atoms with Crippen LogP contribution in [0.15, 0.2) is 24.4 Å². The Kier molecular flexibility index (Phi) is 6.59. The number of carbonyl (C=O) groups excluding carboxylic acids is 2. The van der Waals surface area contributed by atoms with Crippen molar-refractivity contribution in [2.75, 3.05) is 32.1 Å². The Balaban J connectivity index is 1.52. The maximum Gasteiger partial charge on any atom is 0.254 e. The highest BCUT2D eigenvalue weighted by Crippen LogP contribution is 2.32. The van der Waals surface area contributed by atoms with Gasteiger partial charge in [0.05, 0.1) is 16.9 Å². The van der Waals surface area contributed by atoms with E-state index in [1.807, 2.05) is 39.0 Å². The van der Waals surface area contributed by atoms with Crippen molar-refractivity contribution in [2.45, 2.75) is 51.7 Å². The molecule has 1 N–H and O–H groups in total. The van der Waals surface area contributed by atoms with E-state index in [0.29, 0.717) is 28.8 Å². The van der Waals surface area contributed by atoms with Crippen molar-refractivity contribution < 1.29 is 14.3 Å². The molecule has 9 heteroatoms. The highest BCUT2D eigenvalue weighted by molar-refractivity contribution is 6.33. The van der Waals surface area contributed by atoms with E-state index in [9.17, 15) is 9.59 Å². The first kappa shape index (κ1) is 23.4. The first-order valence-electron chi connectivity index (χ1n) is 11.2. The van der Waals surface area contributed by atoms with Gasteiger partial charge in [-0.3, -0.25) is 9.59 Å². The lowest BCUT2D eigenvalue weighted by molar-refractivity contribution is -0.134. The molecule has 176 valence electrons. The number of ether oxygens (including phenoxy) is 1. The Labute approximate surface area is 199 Å². The molecule has 1 aromatic heterocycles. The number of amides is 2. The molecule has 2 aliphatic heterocycles. The van der Waals surface area contributed by atoms with Gasteiger partial charge in [0.1, 0.15) is 6.54 Å². The number of hydrogen-bond acceptors (Lipinski definition) is 6. The molecule has 2 aliphatic rings. The fourth-order valence-electron chi connectivity index (χ4n) is 3.94. The number of rotatable bonds is 5. The largest absolute Gasteiger partial charge is 0.381 e. The van der Waals surface area contributed by atoms with Gasteiger partial charge in [0.2, 0.25) is 11.9 Å². The predicted molar refractivity (Wildman–Crippen MR) is 127 cm³/mol. The zero-order chi connectivity index (χ0) is 23.8. The first-order chi connectivity index (χ1) is 15.6.